The van der Waals surface area contributed by atoms with E-state index < -0.39 is 17.8 Å². The summed E-state index contributed by atoms with van der Waals surface area (Å²) in [5.74, 6) is -1.06. The van der Waals surface area contributed by atoms with Crippen LogP contribution in [-0.4, -0.2) is 32.4 Å². The van der Waals surface area contributed by atoms with Crippen LogP contribution in [0.25, 0.3) is 22.3 Å². The van der Waals surface area contributed by atoms with Gasteiger partial charge in [0.05, 0.1) is 24.4 Å². The molecule has 1 unspecified atom stereocenters. The summed E-state index contributed by atoms with van der Waals surface area (Å²) < 4.78 is 16.7. The first-order chi connectivity index (χ1) is 16.0. The van der Waals surface area contributed by atoms with Crippen molar-refractivity contribution < 1.29 is 14.3 Å². The molecule has 0 saturated heterocycles. The van der Waals surface area contributed by atoms with E-state index in [0.29, 0.717) is 11.1 Å². The van der Waals surface area contributed by atoms with Gasteiger partial charge in [0.2, 0.25) is 0 Å². The van der Waals surface area contributed by atoms with Gasteiger partial charge in [0, 0.05) is 35.6 Å². The van der Waals surface area contributed by atoms with Crippen molar-refractivity contribution in [3.8, 4) is 22.3 Å². The summed E-state index contributed by atoms with van der Waals surface area (Å²) in [5, 5.41) is 16.6. The summed E-state index contributed by atoms with van der Waals surface area (Å²) in [6.07, 6.45) is 5.28. The number of halogens is 1. The van der Waals surface area contributed by atoms with Crippen molar-refractivity contribution in [2.24, 2.45) is 0 Å². The maximum Gasteiger partial charge on any atom is 0.254 e. The first kappa shape index (κ1) is 22.2. The minimum Gasteiger partial charge on any atom is -0.394 e. The molecule has 4 aromatic rings. The molecule has 8 heteroatoms. The lowest BCUT2D eigenvalue weighted by Crippen LogP contribution is -2.31. The highest BCUT2D eigenvalue weighted by molar-refractivity contribution is 5.95. The minimum atomic E-state index is -0.696. The molecule has 7 nitrogen and oxygen atoms in total. The van der Waals surface area contributed by atoms with Crippen LogP contribution in [-0.2, 0) is 6.54 Å². The predicted octanol–water partition coefficient (Wildman–Crippen LogP) is 3.82. The van der Waals surface area contributed by atoms with Gasteiger partial charge in [-0.2, -0.15) is 5.10 Å². The average molecular weight is 445 g/mol. The van der Waals surface area contributed by atoms with Crippen LogP contribution in [0.1, 0.15) is 28.9 Å². The van der Waals surface area contributed by atoms with E-state index >= 15 is 0 Å². The van der Waals surface area contributed by atoms with Crippen molar-refractivity contribution in [3.63, 3.8) is 0 Å². The largest absolute Gasteiger partial charge is 0.394 e. The quantitative estimate of drug-likeness (QED) is 0.401. The summed E-state index contributed by atoms with van der Waals surface area (Å²) in [6.45, 7) is 2.43. The number of aliphatic hydroxyl groups is 1. The monoisotopic (exact) mass is 445 g/mol. The van der Waals surface area contributed by atoms with Gasteiger partial charge in [-0.15, -0.1) is 0 Å². The lowest BCUT2D eigenvalue weighted by Gasteiger charge is -2.17. The van der Waals surface area contributed by atoms with E-state index in [-0.39, 0.29) is 18.0 Å². The Labute approximate surface area is 190 Å². The molecule has 2 aromatic carbocycles. The number of aryl methyl sites for hydroxylation is 1. The molecule has 0 saturated carbocycles. The van der Waals surface area contributed by atoms with Gasteiger partial charge < -0.3 is 16.2 Å². The summed E-state index contributed by atoms with van der Waals surface area (Å²) >= 11 is 0. The molecule has 33 heavy (non-hydrogen) atoms. The van der Waals surface area contributed by atoms with E-state index in [1.54, 1.807) is 47.4 Å². The minimum absolute atomic E-state index is 0.125. The predicted molar refractivity (Wildman–Crippen MR) is 125 cm³/mol. The molecule has 0 spiro atoms. The first-order valence-corrected chi connectivity index (χ1v) is 10.5. The molecule has 0 aliphatic rings. The third-order valence-corrected chi connectivity index (χ3v) is 5.42. The molecule has 168 valence electrons. The second kappa shape index (κ2) is 9.62. The van der Waals surface area contributed by atoms with Gasteiger partial charge in [0.15, 0.2) is 0 Å². The van der Waals surface area contributed by atoms with Crippen molar-refractivity contribution in [3.05, 3.63) is 90.1 Å². The van der Waals surface area contributed by atoms with E-state index in [1.807, 2.05) is 25.3 Å². The summed E-state index contributed by atoms with van der Waals surface area (Å²) in [4.78, 5) is 16.9. The Morgan fingerprint density at radius 3 is 2.58 bits per heavy atom. The van der Waals surface area contributed by atoms with Gasteiger partial charge in [0.25, 0.3) is 5.91 Å². The number of carbonyl (C=O) groups is 1. The van der Waals surface area contributed by atoms with Gasteiger partial charge in [-0.05, 0) is 36.2 Å². The number of hydrogen-bond acceptors (Lipinski definition) is 5. The van der Waals surface area contributed by atoms with Crippen LogP contribution in [0.4, 0.5) is 10.2 Å². The first-order valence-electron chi connectivity index (χ1n) is 10.5. The molecule has 4 rings (SSSR count). The number of hydrogen-bond donors (Lipinski definition) is 3. The van der Waals surface area contributed by atoms with Gasteiger partial charge >= 0.3 is 0 Å². The maximum absolute atomic E-state index is 14.9. The average Bonchev–Trinajstić information content (AvgIpc) is 3.32. The summed E-state index contributed by atoms with van der Waals surface area (Å²) in [6, 6.07) is 14.5. The fourth-order valence-corrected chi connectivity index (χ4v) is 3.57. The normalized spacial score (nSPS) is 11.8. The van der Waals surface area contributed by atoms with Crippen LogP contribution < -0.4 is 11.1 Å². The van der Waals surface area contributed by atoms with Crippen molar-refractivity contribution in [1.29, 1.82) is 0 Å². The van der Waals surface area contributed by atoms with Crippen LogP contribution in [0, 0.1) is 5.82 Å². The van der Waals surface area contributed by atoms with Crippen LogP contribution >= 0.6 is 0 Å². The number of nitrogens with zero attached hydrogens (tertiary/aromatic N) is 3. The van der Waals surface area contributed by atoms with Gasteiger partial charge in [0.1, 0.15) is 11.6 Å². The lowest BCUT2D eigenvalue weighted by atomic mass is 10.0. The molecule has 0 aliphatic heterocycles. The Hall–Kier alpha value is -4.04. The molecule has 2 heterocycles. The number of nitrogen functional groups attached to an aromatic ring is 1. The van der Waals surface area contributed by atoms with Gasteiger partial charge in [-0.1, -0.05) is 36.4 Å². The van der Waals surface area contributed by atoms with E-state index in [1.165, 1.54) is 12.1 Å². The van der Waals surface area contributed by atoms with E-state index in [9.17, 15) is 14.3 Å². The van der Waals surface area contributed by atoms with Gasteiger partial charge in [-0.25, -0.2) is 9.37 Å². The maximum atomic E-state index is 14.9. The Morgan fingerprint density at radius 2 is 1.91 bits per heavy atom. The van der Waals surface area contributed by atoms with Crippen molar-refractivity contribution in [1.82, 2.24) is 20.1 Å². The number of aromatic nitrogens is 3. The fourth-order valence-electron chi connectivity index (χ4n) is 3.57. The molecular formula is C25H24FN5O2. The van der Waals surface area contributed by atoms with Crippen LogP contribution in [0.3, 0.4) is 0 Å². The van der Waals surface area contributed by atoms with E-state index in [2.05, 4.69) is 15.4 Å². The number of aliphatic hydroxyl groups excluding tert-OH is 1. The van der Waals surface area contributed by atoms with Crippen molar-refractivity contribution in [2.45, 2.75) is 19.5 Å². The lowest BCUT2D eigenvalue weighted by molar-refractivity contribution is 0.0912. The Balaban J connectivity index is 1.60. The van der Waals surface area contributed by atoms with E-state index in [0.717, 1.165) is 23.2 Å². The zero-order valence-corrected chi connectivity index (χ0v) is 18.1. The van der Waals surface area contributed by atoms with E-state index in [4.69, 9.17) is 5.73 Å². The summed E-state index contributed by atoms with van der Waals surface area (Å²) in [5.41, 5.74) is 9.40. The van der Waals surface area contributed by atoms with Gasteiger partial charge in [-0.3, -0.25) is 9.48 Å². The van der Waals surface area contributed by atoms with Crippen LogP contribution in [0.15, 0.2) is 73.2 Å². The second-order valence-corrected chi connectivity index (χ2v) is 7.56. The topological polar surface area (TPSA) is 106 Å². The molecule has 0 bridgehead atoms. The number of nitrogens with two attached hydrogens (primary N) is 1. The highest BCUT2D eigenvalue weighted by atomic mass is 19.1. The fraction of sp³-hybridized carbons (Fsp3) is 0.160. The second-order valence-electron chi connectivity index (χ2n) is 7.56. The zero-order valence-electron chi connectivity index (χ0n) is 18.1. The van der Waals surface area contributed by atoms with Crippen molar-refractivity contribution in [2.75, 3.05) is 12.3 Å². The molecule has 4 N–H and O–H groups in total. The highest BCUT2D eigenvalue weighted by Gasteiger charge is 2.19. The Kier molecular flexibility index (Phi) is 6.46. The Bertz CT molecular complexity index is 1270. The number of amides is 1. The highest BCUT2D eigenvalue weighted by Crippen LogP contribution is 2.30. The standard InChI is InChI=1S/C25H24FN5O2/c1-2-31-14-19(13-29-31)18-10-21(24(27)28-12-18)17-8-9-20(22(26)11-17)25(33)30-23(15-32)16-6-4-3-5-7-16/h3-14,23,32H,2,15H2,1H3,(H2,27,28)(H,30,33). The number of benzene rings is 2. The number of anilines is 1. The molecule has 2 aromatic heterocycles. The van der Waals surface area contributed by atoms with Crippen LogP contribution in [0.5, 0.6) is 0 Å². The van der Waals surface area contributed by atoms with Crippen LogP contribution in [0.2, 0.25) is 0 Å². The molecular weight excluding hydrogens is 421 g/mol. The third kappa shape index (κ3) is 4.75. The SMILES string of the molecule is CCn1cc(-c2cnc(N)c(-c3ccc(C(=O)NC(CO)c4ccccc4)c(F)c3)c2)cn1. The summed E-state index contributed by atoms with van der Waals surface area (Å²) in [7, 11) is 0. The number of pyridine rings is 1. The third-order valence-electron chi connectivity index (χ3n) is 5.42. The van der Waals surface area contributed by atoms with Crippen molar-refractivity contribution >= 4 is 11.7 Å². The smallest absolute Gasteiger partial charge is 0.254 e. The zero-order chi connectivity index (χ0) is 23.4. The molecule has 1 amide bonds. The molecule has 0 fully saturated rings. The molecule has 1 atom stereocenters. The number of carbonyl (C=O) groups excluding carboxylic acids is 1. The molecule has 0 radical (unpaired) electrons. The Morgan fingerprint density at radius 1 is 1.12 bits per heavy atom. The molecule has 0 aliphatic carbocycles. The number of rotatable bonds is 7. The number of nitrogens with one attached hydrogen (secondary N) is 1.